The Morgan fingerprint density at radius 3 is 2.48 bits per heavy atom. The normalized spacial score (nSPS) is 15.8. The van der Waals surface area contributed by atoms with Gasteiger partial charge in [0.15, 0.2) is 17.3 Å². The van der Waals surface area contributed by atoms with E-state index in [2.05, 4.69) is 31.3 Å². The van der Waals surface area contributed by atoms with Gasteiger partial charge in [-0.3, -0.25) is 0 Å². The zero-order valence-corrected chi connectivity index (χ0v) is 16.4. The summed E-state index contributed by atoms with van der Waals surface area (Å²) in [5.41, 5.74) is 1.18. The second-order valence-corrected chi connectivity index (χ2v) is 7.57. The molecule has 0 amide bonds. The molecule has 1 aliphatic heterocycles. The molecule has 29 heavy (non-hydrogen) atoms. The lowest BCUT2D eigenvalue weighted by Gasteiger charge is -2.37. The first-order chi connectivity index (χ1) is 14.1. The number of piperidine rings is 1. The van der Waals surface area contributed by atoms with Crippen LogP contribution >= 0.6 is 11.6 Å². The van der Waals surface area contributed by atoms with Gasteiger partial charge in [0.05, 0.1) is 11.5 Å². The second kappa shape index (κ2) is 8.15. The van der Waals surface area contributed by atoms with Crippen LogP contribution in [0.2, 0.25) is 5.02 Å². The standard InChI is InChI=1S/C20H19ClN6O2/c21-15-3-1-14(2-4-15)11-20(13-22)7-9-27(10-8-20)18-6-5-16(24-25-18)19-23-17(12-28)26-29-19/h1-6,28H,7-12H2. The number of hydrogen-bond acceptors (Lipinski definition) is 8. The van der Waals surface area contributed by atoms with E-state index in [0.717, 1.165) is 37.3 Å². The van der Waals surface area contributed by atoms with Crippen LogP contribution in [0.15, 0.2) is 40.9 Å². The van der Waals surface area contributed by atoms with Crippen LogP contribution in [-0.4, -0.2) is 38.5 Å². The van der Waals surface area contributed by atoms with Gasteiger partial charge in [-0.25, -0.2) is 0 Å². The van der Waals surface area contributed by atoms with Gasteiger partial charge in [0.1, 0.15) is 6.61 Å². The van der Waals surface area contributed by atoms with Gasteiger partial charge in [0, 0.05) is 18.1 Å². The van der Waals surface area contributed by atoms with Crippen LogP contribution in [0.25, 0.3) is 11.6 Å². The van der Waals surface area contributed by atoms with E-state index in [9.17, 15) is 5.26 Å². The lowest BCUT2D eigenvalue weighted by atomic mass is 9.75. The Hall–Kier alpha value is -3.02. The molecule has 0 aliphatic carbocycles. The minimum atomic E-state index is -0.387. The van der Waals surface area contributed by atoms with Crippen molar-refractivity contribution in [1.82, 2.24) is 20.3 Å². The van der Waals surface area contributed by atoms with E-state index in [4.69, 9.17) is 21.2 Å². The van der Waals surface area contributed by atoms with Crippen molar-refractivity contribution < 1.29 is 9.63 Å². The Morgan fingerprint density at radius 2 is 1.90 bits per heavy atom. The van der Waals surface area contributed by atoms with E-state index < -0.39 is 0 Å². The summed E-state index contributed by atoms with van der Waals surface area (Å²) in [4.78, 5) is 6.15. The monoisotopic (exact) mass is 410 g/mol. The average Bonchev–Trinajstić information content (AvgIpc) is 3.25. The summed E-state index contributed by atoms with van der Waals surface area (Å²) in [6.07, 6.45) is 2.21. The highest BCUT2D eigenvalue weighted by atomic mass is 35.5. The molecular formula is C20H19ClN6O2. The fourth-order valence-corrected chi connectivity index (χ4v) is 3.64. The number of aromatic nitrogens is 4. The molecule has 4 rings (SSSR count). The van der Waals surface area contributed by atoms with Gasteiger partial charge in [-0.2, -0.15) is 10.2 Å². The molecule has 0 spiro atoms. The maximum Gasteiger partial charge on any atom is 0.278 e. The van der Waals surface area contributed by atoms with Crippen LogP contribution in [-0.2, 0) is 13.0 Å². The van der Waals surface area contributed by atoms with E-state index in [-0.39, 0.29) is 23.7 Å². The van der Waals surface area contributed by atoms with Crippen molar-refractivity contribution in [1.29, 1.82) is 5.26 Å². The molecule has 0 unspecified atom stereocenters. The molecule has 2 aromatic heterocycles. The van der Waals surface area contributed by atoms with Gasteiger partial charge in [0.25, 0.3) is 5.89 Å². The van der Waals surface area contributed by atoms with Crippen molar-refractivity contribution in [2.75, 3.05) is 18.0 Å². The number of halogens is 1. The molecule has 148 valence electrons. The van der Waals surface area contributed by atoms with Gasteiger partial charge in [0.2, 0.25) is 0 Å². The molecule has 0 atom stereocenters. The van der Waals surface area contributed by atoms with Crippen LogP contribution in [0.3, 0.4) is 0 Å². The number of rotatable bonds is 5. The lowest BCUT2D eigenvalue weighted by Crippen LogP contribution is -2.41. The third-order valence-electron chi connectivity index (χ3n) is 5.22. The van der Waals surface area contributed by atoms with E-state index in [1.165, 1.54) is 0 Å². The highest BCUT2D eigenvalue weighted by molar-refractivity contribution is 6.30. The minimum absolute atomic E-state index is 0.204. The van der Waals surface area contributed by atoms with Gasteiger partial charge < -0.3 is 14.5 Å². The van der Waals surface area contributed by atoms with E-state index in [1.807, 2.05) is 30.3 Å². The average molecular weight is 411 g/mol. The zero-order chi connectivity index (χ0) is 20.3. The molecule has 0 radical (unpaired) electrons. The molecule has 0 saturated carbocycles. The van der Waals surface area contributed by atoms with Crippen LogP contribution in [0.1, 0.15) is 24.2 Å². The Labute approximate surface area is 172 Å². The Bertz CT molecular complexity index is 1000. The summed E-state index contributed by atoms with van der Waals surface area (Å²) in [7, 11) is 0. The van der Waals surface area contributed by atoms with Crippen molar-refractivity contribution in [3.63, 3.8) is 0 Å². The molecule has 3 heterocycles. The number of aliphatic hydroxyl groups excluding tert-OH is 1. The maximum atomic E-state index is 9.84. The molecule has 3 aromatic rings. The fourth-order valence-electron chi connectivity index (χ4n) is 3.52. The number of benzene rings is 1. The minimum Gasteiger partial charge on any atom is -0.388 e. The van der Waals surface area contributed by atoms with Crippen LogP contribution in [0, 0.1) is 16.7 Å². The number of hydrogen-bond donors (Lipinski definition) is 1. The van der Waals surface area contributed by atoms with Gasteiger partial charge >= 0.3 is 0 Å². The van der Waals surface area contributed by atoms with Crippen LogP contribution < -0.4 is 4.90 Å². The highest BCUT2D eigenvalue weighted by Crippen LogP contribution is 2.36. The number of nitrogens with zero attached hydrogens (tertiary/aromatic N) is 6. The highest BCUT2D eigenvalue weighted by Gasteiger charge is 2.35. The van der Waals surface area contributed by atoms with Crippen molar-refractivity contribution in [2.45, 2.75) is 25.9 Å². The van der Waals surface area contributed by atoms with E-state index in [1.54, 1.807) is 6.07 Å². The predicted molar refractivity (Wildman–Crippen MR) is 106 cm³/mol. The van der Waals surface area contributed by atoms with Crippen LogP contribution in [0.4, 0.5) is 5.82 Å². The Morgan fingerprint density at radius 1 is 1.14 bits per heavy atom. The third kappa shape index (κ3) is 4.21. The maximum absolute atomic E-state index is 9.84. The summed E-state index contributed by atoms with van der Waals surface area (Å²) in [6.45, 7) is 1.16. The molecule has 1 N–H and O–H groups in total. The van der Waals surface area contributed by atoms with Crippen LogP contribution in [0.5, 0.6) is 0 Å². The molecule has 0 bridgehead atoms. The third-order valence-corrected chi connectivity index (χ3v) is 5.47. The second-order valence-electron chi connectivity index (χ2n) is 7.13. The summed E-state index contributed by atoms with van der Waals surface area (Å²) in [5, 5.41) is 31.6. The fraction of sp³-hybridized carbons (Fsp3) is 0.350. The predicted octanol–water partition coefficient (Wildman–Crippen LogP) is 3.03. The molecular weight excluding hydrogens is 392 g/mol. The number of aliphatic hydroxyl groups is 1. The van der Waals surface area contributed by atoms with Crippen molar-refractivity contribution in [3.05, 3.63) is 52.8 Å². The Balaban J connectivity index is 1.42. The molecule has 1 fully saturated rings. The summed E-state index contributed by atoms with van der Waals surface area (Å²) < 4.78 is 5.05. The van der Waals surface area contributed by atoms with E-state index >= 15 is 0 Å². The smallest absolute Gasteiger partial charge is 0.278 e. The van der Waals surface area contributed by atoms with E-state index in [0.29, 0.717) is 17.1 Å². The summed E-state index contributed by atoms with van der Waals surface area (Å²) >= 11 is 5.96. The van der Waals surface area contributed by atoms with Gasteiger partial charge in [-0.05, 0) is 49.1 Å². The quantitative estimate of drug-likeness (QED) is 0.683. The van der Waals surface area contributed by atoms with Gasteiger partial charge in [-0.1, -0.05) is 28.9 Å². The molecule has 9 heteroatoms. The van der Waals surface area contributed by atoms with Crippen molar-refractivity contribution >= 4 is 17.4 Å². The molecule has 1 aromatic carbocycles. The topological polar surface area (TPSA) is 112 Å². The molecule has 1 aliphatic rings. The largest absolute Gasteiger partial charge is 0.388 e. The summed E-state index contributed by atoms with van der Waals surface area (Å²) in [5.74, 6) is 1.17. The molecule has 8 nitrogen and oxygen atoms in total. The first-order valence-corrected chi connectivity index (χ1v) is 9.67. The summed E-state index contributed by atoms with van der Waals surface area (Å²) in [6, 6.07) is 13.9. The number of nitriles is 1. The van der Waals surface area contributed by atoms with Crippen molar-refractivity contribution in [3.8, 4) is 17.7 Å². The number of anilines is 1. The first-order valence-electron chi connectivity index (χ1n) is 9.29. The molecule has 1 saturated heterocycles. The first kappa shape index (κ1) is 19.3. The Kier molecular flexibility index (Phi) is 5.43. The van der Waals surface area contributed by atoms with Crippen molar-refractivity contribution in [2.24, 2.45) is 5.41 Å². The lowest BCUT2D eigenvalue weighted by molar-refractivity contribution is 0.264. The van der Waals surface area contributed by atoms with Gasteiger partial charge in [-0.15, -0.1) is 10.2 Å². The zero-order valence-electron chi connectivity index (χ0n) is 15.6. The SMILES string of the molecule is N#CC1(Cc2ccc(Cl)cc2)CCN(c2ccc(-c3nc(CO)no3)nn2)CC1.